The van der Waals surface area contributed by atoms with Gasteiger partial charge in [0, 0.05) is 6.54 Å². The minimum Gasteiger partial charge on any atom is -0.444 e. The summed E-state index contributed by atoms with van der Waals surface area (Å²) in [4.78, 5) is 11.5. The van der Waals surface area contributed by atoms with Gasteiger partial charge in [0.15, 0.2) is 0 Å². The van der Waals surface area contributed by atoms with E-state index in [1.54, 1.807) is 0 Å². The van der Waals surface area contributed by atoms with Gasteiger partial charge >= 0.3 is 6.09 Å². The van der Waals surface area contributed by atoms with Gasteiger partial charge in [-0.05, 0) is 52.0 Å². The molecular weight excluding hydrogens is 240 g/mol. The molecule has 1 saturated carbocycles. The van der Waals surface area contributed by atoms with Gasteiger partial charge in [-0.15, -0.1) is 0 Å². The van der Waals surface area contributed by atoms with E-state index in [0.717, 1.165) is 31.3 Å². The molecule has 4 nitrogen and oxygen atoms in total. The molecule has 0 unspecified atom stereocenters. The number of carbonyl (C=O) groups is 1. The number of amides is 1. The molecule has 0 aliphatic heterocycles. The van der Waals surface area contributed by atoms with Gasteiger partial charge in [0.25, 0.3) is 0 Å². The highest BCUT2D eigenvalue weighted by atomic mass is 16.6. The summed E-state index contributed by atoms with van der Waals surface area (Å²) in [7, 11) is 0. The molecule has 1 rings (SSSR count). The summed E-state index contributed by atoms with van der Waals surface area (Å²) in [5.41, 5.74) is 5.18. The molecule has 112 valence electrons. The second-order valence-corrected chi connectivity index (χ2v) is 6.68. The summed E-state index contributed by atoms with van der Waals surface area (Å²) in [5, 5.41) is 2.84. The average Bonchev–Trinajstić information content (AvgIpc) is 2.29. The summed E-state index contributed by atoms with van der Waals surface area (Å²) >= 11 is 0. The third-order valence-corrected chi connectivity index (χ3v) is 3.76. The van der Waals surface area contributed by atoms with Crippen molar-refractivity contribution in [2.75, 3.05) is 13.1 Å². The molecular formula is C15H30N2O2. The second kappa shape index (κ2) is 7.73. The maximum absolute atomic E-state index is 11.5. The second-order valence-electron chi connectivity index (χ2n) is 6.68. The number of hydrogen-bond acceptors (Lipinski definition) is 3. The number of rotatable bonds is 5. The predicted octanol–water partition coefficient (Wildman–Crippen LogP) is 3.06. The fourth-order valence-electron chi connectivity index (χ4n) is 2.74. The van der Waals surface area contributed by atoms with Crippen LogP contribution >= 0.6 is 0 Å². The number of alkyl carbamates (subject to hydrolysis) is 1. The van der Waals surface area contributed by atoms with Crippen LogP contribution < -0.4 is 11.1 Å². The smallest absolute Gasteiger partial charge is 0.407 e. The summed E-state index contributed by atoms with van der Waals surface area (Å²) < 4.78 is 5.21. The Kier molecular flexibility index (Phi) is 6.63. The van der Waals surface area contributed by atoms with Gasteiger partial charge in [-0.2, -0.15) is 0 Å². The first-order valence-corrected chi connectivity index (χ1v) is 7.57. The summed E-state index contributed by atoms with van der Waals surface area (Å²) in [6, 6.07) is 0. The molecule has 0 aromatic rings. The lowest BCUT2D eigenvalue weighted by atomic mass is 9.79. The van der Waals surface area contributed by atoms with Crippen LogP contribution in [0, 0.1) is 11.8 Å². The average molecular weight is 270 g/mol. The third-order valence-electron chi connectivity index (χ3n) is 3.76. The Bertz CT molecular complexity index is 266. The Labute approximate surface area is 117 Å². The minimum absolute atomic E-state index is 0.302. The molecule has 0 atom stereocenters. The van der Waals surface area contributed by atoms with Gasteiger partial charge in [-0.1, -0.05) is 25.7 Å². The monoisotopic (exact) mass is 270 g/mol. The van der Waals surface area contributed by atoms with Crippen LogP contribution in [0.2, 0.25) is 0 Å². The maximum atomic E-state index is 11.5. The van der Waals surface area contributed by atoms with Crippen molar-refractivity contribution in [3.05, 3.63) is 0 Å². The van der Waals surface area contributed by atoms with Gasteiger partial charge in [0.2, 0.25) is 0 Å². The molecule has 1 aliphatic rings. The molecule has 3 N–H and O–H groups in total. The van der Waals surface area contributed by atoms with Crippen molar-refractivity contribution in [2.45, 2.75) is 64.9 Å². The Morgan fingerprint density at radius 3 is 2.16 bits per heavy atom. The number of carbonyl (C=O) groups excluding carboxylic acids is 1. The van der Waals surface area contributed by atoms with Crippen LogP contribution in [0.25, 0.3) is 0 Å². The van der Waals surface area contributed by atoms with E-state index in [4.69, 9.17) is 10.5 Å². The van der Waals surface area contributed by atoms with Crippen LogP contribution in [0.15, 0.2) is 0 Å². The third kappa shape index (κ3) is 7.41. The molecule has 1 fully saturated rings. The summed E-state index contributed by atoms with van der Waals surface area (Å²) in [5.74, 6) is 1.59. The highest BCUT2D eigenvalue weighted by molar-refractivity contribution is 5.67. The van der Waals surface area contributed by atoms with Crippen molar-refractivity contribution in [2.24, 2.45) is 17.6 Å². The molecule has 0 aromatic carbocycles. The van der Waals surface area contributed by atoms with Gasteiger partial charge in [-0.25, -0.2) is 4.79 Å². The number of hydrogen-bond donors (Lipinski definition) is 2. The molecule has 0 aromatic heterocycles. The Morgan fingerprint density at radius 2 is 1.68 bits per heavy atom. The highest BCUT2D eigenvalue weighted by Crippen LogP contribution is 2.31. The van der Waals surface area contributed by atoms with E-state index in [1.807, 2.05) is 20.8 Å². The van der Waals surface area contributed by atoms with E-state index in [9.17, 15) is 4.79 Å². The first-order valence-electron chi connectivity index (χ1n) is 7.57. The number of nitrogens with one attached hydrogen (secondary N) is 1. The van der Waals surface area contributed by atoms with E-state index in [1.165, 1.54) is 32.1 Å². The lowest BCUT2D eigenvalue weighted by molar-refractivity contribution is 0.0523. The van der Waals surface area contributed by atoms with Gasteiger partial charge in [0.05, 0.1) is 0 Å². The molecule has 1 aliphatic carbocycles. The Balaban J connectivity index is 2.09. The zero-order valence-electron chi connectivity index (χ0n) is 12.7. The zero-order valence-corrected chi connectivity index (χ0v) is 12.7. The largest absolute Gasteiger partial charge is 0.444 e. The van der Waals surface area contributed by atoms with Crippen LogP contribution in [0.3, 0.4) is 0 Å². The molecule has 0 radical (unpaired) electrons. The normalized spacial score (nSPS) is 24.0. The minimum atomic E-state index is -0.412. The van der Waals surface area contributed by atoms with E-state index < -0.39 is 5.60 Å². The van der Waals surface area contributed by atoms with Gasteiger partial charge < -0.3 is 15.8 Å². The SMILES string of the molecule is CC(C)(C)OC(=O)NCC[C@H]1CC[C@H](CCN)CC1. The van der Waals surface area contributed by atoms with E-state index in [-0.39, 0.29) is 6.09 Å². The van der Waals surface area contributed by atoms with E-state index in [0.29, 0.717) is 0 Å². The van der Waals surface area contributed by atoms with Gasteiger partial charge in [0.1, 0.15) is 5.60 Å². The summed E-state index contributed by atoms with van der Waals surface area (Å²) in [6.07, 6.45) is 7.09. The van der Waals surface area contributed by atoms with E-state index >= 15 is 0 Å². The lowest BCUT2D eigenvalue weighted by Gasteiger charge is -2.28. The predicted molar refractivity (Wildman–Crippen MR) is 78.0 cm³/mol. The first-order chi connectivity index (χ1) is 8.90. The Hall–Kier alpha value is -0.770. The number of ether oxygens (including phenoxy) is 1. The van der Waals surface area contributed by atoms with Crippen LogP contribution in [0.1, 0.15) is 59.3 Å². The standard InChI is InChI=1S/C15H30N2O2/c1-15(2,3)19-14(18)17-11-9-13-6-4-12(5-7-13)8-10-16/h12-13H,4-11,16H2,1-3H3,(H,17,18)/t12-,13-. The molecule has 0 spiro atoms. The lowest BCUT2D eigenvalue weighted by Crippen LogP contribution is -2.33. The molecule has 4 heteroatoms. The summed E-state index contributed by atoms with van der Waals surface area (Å²) in [6.45, 7) is 7.18. The number of nitrogens with two attached hydrogens (primary N) is 1. The molecule has 0 bridgehead atoms. The molecule has 0 saturated heterocycles. The molecule has 1 amide bonds. The van der Waals surface area contributed by atoms with Crippen molar-refractivity contribution in [3.8, 4) is 0 Å². The topological polar surface area (TPSA) is 64.3 Å². The maximum Gasteiger partial charge on any atom is 0.407 e. The fourth-order valence-corrected chi connectivity index (χ4v) is 2.74. The van der Waals surface area contributed by atoms with Gasteiger partial charge in [-0.3, -0.25) is 0 Å². The van der Waals surface area contributed by atoms with Crippen LogP contribution in [0.4, 0.5) is 4.79 Å². The van der Waals surface area contributed by atoms with Crippen LogP contribution in [0.5, 0.6) is 0 Å². The fraction of sp³-hybridized carbons (Fsp3) is 0.933. The Morgan fingerprint density at radius 1 is 1.16 bits per heavy atom. The van der Waals surface area contributed by atoms with Crippen molar-refractivity contribution in [1.82, 2.24) is 5.32 Å². The van der Waals surface area contributed by atoms with E-state index in [2.05, 4.69) is 5.32 Å². The van der Waals surface area contributed by atoms with Crippen molar-refractivity contribution in [1.29, 1.82) is 0 Å². The molecule has 0 heterocycles. The van der Waals surface area contributed by atoms with Crippen molar-refractivity contribution in [3.63, 3.8) is 0 Å². The highest BCUT2D eigenvalue weighted by Gasteiger charge is 2.21. The van der Waals surface area contributed by atoms with Crippen molar-refractivity contribution < 1.29 is 9.53 Å². The van der Waals surface area contributed by atoms with Crippen LogP contribution in [-0.2, 0) is 4.74 Å². The van der Waals surface area contributed by atoms with Crippen LogP contribution in [-0.4, -0.2) is 24.8 Å². The zero-order chi connectivity index (χ0) is 14.3. The van der Waals surface area contributed by atoms with Crippen molar-refractivity contribution >= 4 is 6.09 Å². The molecule has 19 heavy (non-hydrogen) atoms. The first kappa shape index (κ1) is 16.3. The quantitative estimate of drug-likeness (QED) is 0.807.